The summed E-state index contributed by atoms with van der Waals surface area (Å²) in [6, 6.07) is 11.2. The Morgan fingerprint density at radius 2 is 1.90 bits per heavy atom. The summed E-state index contributed by atoms with van der Waals surface area (Å²) < 4.78 is 31.3. The van der Waals surface area contributed by atoms with E-state index in [1.165, 1.54) is 0 Å². The molecule has 2 aliphatic rings. The third-order valence-electron chi connectivity index (χ3n) is 5.99. The fourth-order valence-corrected chi connectivity index (χ4v) is 6.09. The van der Waals surface area contributed by atoms with Gasteiger partial charge in [0.15, 0.2) is 15.5 Å². The molecule has 1 aromatic carbocycles. The lowest BCUT2D eigenvalue weighted by atomic mass is 10.0. The van der Waals surface area contributed by atoms with Crippen LogP contribution in [0.1, 0.15) is 28.5 Å². The molecule has 2 aliphatic heterocycles. The molecule has 0 spiro atoms. The van der Waals surface area contributed by atoms with Gasteiger partial charge in [0.25, 0.3) is 5.91 Å². The first kappa shape index (κ1) is 20.1. The lowest BCUT2D eigenvalue weighted by Crippen LogP contribution is -2.40. The Morgan fingerprint density at radius 3 is 2.58 bits per heavy atom. The number of carbonyl (C=O) groups is 1. The minimum Gasteiger partial charge on any atom is -0.378 e. The summed E-state index contributed by atoms with van der Waals surface area (Å²) in [7, 11) is -3.09. The molecule has 1 atom stereocenters. The number of amides is 1. The number of ether oxygens (including phenoxy) is 1. The van der Waals surface area contributed by atoms with Crippen LogP contribution in [0, 0.1) is 6.92 Å². The number of aromatic nitrogens is 3. The van der Waals surface area contributed by atoms with Gasteiger partial charge in [-0.15, -0.1) is 0 Å². The largest absolute Gasteiger partial charge is 0.378 e. The third-order valence-corrected chi connectivity index (χ3v) is 7.74. The number of hydrogen-bond donors (Lipinski definition) is 0. The molecule has 0 radical (unpaired) electrons. The third kappa shape index (κ3) is 3.72. The van der Waals surface area contributed by atoms with E-state index in [2.05, 4.69) is 5.10 Å². The Kier molecular flexibility index (Phi) is 5.02. The van der Waals surface area contributed by atoms with E-state index in [1.54, 1.807) is 9.58 Å². The van der Waals surface area contributed by atoms with Gasteiger partial charge in [0.2, 0.25) is 0 Å². The molecule has 162 valence electrons. The Bertz CT molecular complexity index is 1250. The molecule has 2 fully saturated rings. The maximum Gasteiger partial charge on any atom is 0.254 e. The summed E-state index contributed by atoms with van der Waals surface area (Å²) in [5.41, 5.74) is 3.37. The average Bonchev–Trinajstić information content (AvgIpc) is 3.32. The predicted octanol–water partition coefficient (Wildman–Crippen LogP) is 2.24. The minimum absolute atomic E-state index is 0.0488. The highest BCUT2D eigenvalue weighted by molar-refractivity contribution is 7.91. The highest BCUT2D eigenvalue weighted by Gasteiger charge is 2.33. The summed E-state index contributed by atoms with van der Waals surface area (Å²) in [6.07, 6.45) is 0.503. The quantitative estimate of drug-likeness (QED) is 0.620. The first-order valence-electron chi connectivity index (χ1n) is 10.5. The van der Waals surface area contributed by atoms with Crippen molar-refractivity contribution in [1.29, 1.82) is 0 Å². The lowest BCUT2D eigenvalue weighted by Gasteiger charge is -2.27. The second kappa shape index (κ2) is 7.72. The molecule has 0 aliphatic carbocycles. The zero-order chi connectivity index (χ0) is 21.6. The molecule has 0 N–H and O–H groups in total. The van der Waals surface area contributed by atoms with Crippen molar-refractivity contribution in [3.8, 4) is 11.3 Å². The summed E-state index contributed by atoms with van der Waals surface area (Å²) in [6.45, 7) is 3.96. The molecule has 0 bridgehead atoms. The van der Waals surface area contributed by atoms with Gasteiger partial charge in [-0.05, 0) is 19.4 Å². The van der Waals surface area contributed by atoms with E-state index in [0.29, 0.717) is 60.7 Å². The molecule has 2 aromatic heterocycles. The van der Waals surface area contributed by atoms with Gasteiger partial charge in [-0.1, -0.05) is 30.3 Å². The summed E-state index contributed by atoms with van der Waals surface area (Å²) in [4.78, 5) is 20.1. The SMILES string of the molecule is Cc1nn([C@H]2CCS(=O)(=O)C2)c2nc(-c3ccccc3)cc(C(=O)N3CCOCC3)c12. The summed E-state index contributed by atoms with van der Waals surface area (Å²) in [5, 5.41) is 5.35. The van der Waals surface area contributed by atoms with Gasteiger partial charge >= 0.3 is 0 Å². The molecule has 1 amide bonds. The first-order chi connectivity index (χ1) is 14.9. The molecule has 5 rings (SSSR count). The van der Waals surface area contributed by atoms with E-state index in [4.69, 9.17) is 9.72 Å². The number of rotatable bonds is 3. The van der Waals surface area contributed by atoms with Crippen LogP contribution in [0.4, 0.5) is 0 Å². The number of hydrogen-bond acceptors (Lipinski definition) is 6. The average molecular weight is 441 g/mol. The van der Waals surface area contributed by atoms with E-state index < -0.39 is 9.84 Å². The van der Waals surface area contributed by atoms with Crippen molar-refractivity contribution in [1.82, 2.24) is 19.7 Å². The van der Waals surface area contributed by atoms with E-state index >= 15 is 0 Å². The zero-order valence-electron chi connectivity index (χ0n) is 17.3. The Labute approximate surface area is 180 Å². The number of morpholine rings is 1. The lowest BCUT2D eigenvalue weighted by molar-refractivity contribution is 0.0304. The maximum absolute atomic E-state index is 13.5. The van der Waals surface area contributed by atoms with Gasteiger partial charge in [0.1, 0.15) is 0 Å². The highest BCUT2D eigenvalue weighted by atomic mass is 32.2. The van der Waals surface area contributed by atoms with Crippen LogP contribution in [0.15, 0.2) is 36.4 Å². The summed E-state index contributed by atoms with van der Waals surface area (Å²) >= 11 is 0. The van der Waals surface area contributed by atoms with Crippen LogP contribution in [0.3, 0.4) is 0 Å². The van der Waals surface area contributed by atoms with Crippen LogP contribution in [0.2, 0.25) is 0 Å². The normalized spacial score (nSPS) is 20.9. The Hall–Kier alpha value is -2.78. The van der Waals surface area contributed by atoms with Crippen LogP contribution < -0.4 is 0 Å². The number of pyridine rings is 1. The fourth-order valence-electron chi connectivity index (χ4n) is 4.40. The molecule has 9 heteroatoms. The van der Waals surface area contributed by atoms with Gasteiger partial charge in [0.05, 0.1) is 53.1 Å². The molecular formula is C22H24N4O4S. The molecule has 31 heavy (non-hydrogen) atoms. The second-order valence-corrected chi connectivity index (χ2v) is 10.3. The molecule has 3 aromatic rings. The van der Waals surface area contributed by atoms with Crippen molar-refractivity contribution >= 4 is 26.8 Å². The first-order valence-corrected chi connectivity index (χ1v) is 12.3. The van der Waals surface area contributed by atoms with Crippen molar-refractivity contribution in [2.24, 2.45) is 0 Å². The van der Waals surface area contributed by atoms with Crippen molar-refractivity contribution < 1.29 is 17.9 Å². The molecule has 0 saturated carbocycles. The second-order valence-electron chi connectivity index (χ2n) is 8.11. The molecule has 0 unspecified atom stereocenters. The van der Waals surface area contributed by atoms with Gasteiger partial charge in [-0.25, -0.2) is 18.1 Å². The number of aryl methyl sites for hydroxylation is 1. The number of nitrogens with zero attached hydrogens (tertiary/aromatic N) is 4. The predicted molar refractivity (Wildman–Crippen MR) is 117 cm³/mol. The highest BCUT2D eigenvalue weighted by Crippen LogP contribution is 2.32. The van der Waals surface area contributed by atoms with Crippen LogP contribution in [0.25, 0.3) is 22.3 Å². The van der Waals surface area contributed by atoms with E-state index in [-0.39, 0.29) is 23.5 Å². The van der Waals surface area contributed by atoms with E-state index in [0.717, 1.165) is 5.56 Å². The number of benzene rings is 1. The van der Waals surface area contributed by atoms with Crippen molar-refractivity contribution in [3.05, 3.63) is 47.7 Å². The molecular weight excluding hydrogens is 416 g/mol. The summed E-state index contributed by atoms with van der Waals surface area (Å²) in [5.74, 6) is 0.123. The number of fused-ring (bicyclic) bond motifs is 1. The van der Waals surface area contributed by atoms with Crippen molar-refractivity contribution in [3.63, 3.8) is 0 Å². The smallest absolute Gasteiger partial charge is 0.254 e. The molecule has 8 nitrogen and oxygen atoms in total. The van der Waals surface area contributed by atoms with Crippen molar-refractivity contribution in [2.75, 3.05) is 37.8 Å². The Morgan fingerprint density at radius 1 is 1.16 bits per heavy atom. The fraction of sp³-hybridized carbons (Fsp3) is 0.409. The van der Waals surface area contributed by atoms with Gasteiger partial charge in [-0.2, -0.15) is 5.10 Å². The van der Waals surface area contributed by atoms with Crippen LogP contribution in [0.5, 0.6) is 0 Å². The topological polar surface area (TPSA) is 94.4 Å². The van der Waals surface area contributed by atoms with Gasteiger partial charge in [0, 0.05) is 18.7 Å². The van der Waals surface area contributed by atoms with Crippen LogP contribution in [-0.2, 0) is 14.6 Å². The zero-order valence-corrected chi connectivity index (χ0v) is 18.1. The minimum atomic E-state index is -3.09. The van der Waals surface area contributed by atoms with E-state index in [1.807, 2.05) is 43.3 Å². The monoisotopic (exact) mass is 440 g/mol. The maximum atomic E-state index is 13.5. The molecule has 2 saturated heterocycles. The van der Waals surface area contributed by atoms with Gasteiger partial charge < -0.3 is 9.64 Å². The standard InChI is InChI=1S/C22H24N4O4S/c1-15-20-18(22(27)25-8-10-30-11-9-25)13-19(16-5-3-2-4-6-16)23-21(20)26(24-15)17-7-12-31(28,29)14-17/h2-6,13,17H,7-12,14H2,1H3/t17-/m0/s1. The van der Waals surface area contributed by atoms with E-state index in [9.17, 15) is 13.2 Å². The number of sulfone groups is 1. The Balaban J connectivity index is 1.70. The van der Waals surface area contributed by atoms with Crippen molar-refractivity contribution in [2.45, 2.75) is 19.4 Å². The van der Waals surface area contributed by atoms with Gasteiger partial charge in [-0.3, -0.25) is 4.79 Å². The van der Waals surface area contributed by atoms with Crippen LogP contribution >= 0.6 is 0 Å². The molecule has 4 heterocycles. The van der Waals surface area contributed by atoms with Crippen LogP contribution in [-0.4, -0.2) is 71.8 Å². The number of carbonyl (C=O) groups excluding carboxylic acids is 1.